The van der Waals surface area contributed by atoms with Crippen molar-refractivity contribution in [2.24, 2.45) is 0 Å². The van der Waals surface area contributed by atoms with Crippen molar-refractivity contribution in [1.82, 2.24) is 4.90 Å². The first-order valence-corrected chi connectivity index (χ1v) is 6.90. The number of hydrogen-bond acceptors (Lipinski definition) is 3. The van der Waals surface area contributed by atoms with Crippen molar-refractivity contribution < 1.29 is 14.2 Å². The molecule has 0 aliphatic carbocycles. The monoisotopic (exact) mass is 277 g/mol. The second kappa shape index (κ2) is 7.39. The van der Waals surface area contributed by atoms with Crippen molar-refractivity contribution in [2.75, 3.05) is 26.3 Å². The minimum absolute atomic E-state index is 0.0286. The van der Waals surface area contributed by atoms with E-state index in [4.69, 9.17) is 9.84 Å². The van der Waals surface area contributed by atoms with Crippen molar-refractivity contribution in [3.8, 4) is 11.8 Å². The van der Waals surface area contributed by atoms with Crippen molar-refractivity contribution in [1.29, 1.82) is 0 Å². The van der Waals surface area contributed by atoms with Gasteiger partial charge in [0.25, 0.3) is 0 Å². The van der Waals surface area contributed by atoms with Crippen LogP contribution in [0.25, 0.3) is 0 Å². The molecule has 1 aromatic rings. The summed E-state index contributed by atoms with van der Waals surface area (Å²) in [7, 11) is 0. The first kappa shape index (κ1) is 15.0. The average Bonchev–Trinajstić information content (AvgIpc) is 2.38. The van der Waals surface area contributed by atoms with Crippen molar-refractivity contribution >= 4 is 0 Å². The Hall–Kier alpha value is -1.41. The predicted octanol–water partition coefficient (Wildman–Crippen LogP) is 1.78. The zero-order valence-corrected chi connectivity index (χ0v) is 11.7. The molecule has 20 heavy (non-hydrogen) atoms. The van der Waals surface area contributed by atoms with E-state index < -0.39 is 0 Å². The molecule has 1 heterocycles. The molecule has 0 amide bonds. The zero-order valence-electron chi connectivity index (χ0n) is 11.7. The van der Waals surface area contributed by atoms with Crippen molar-refractivity contribution in [2.45, 2.75) is 26.0 Å². The minimum Gasteiger partial charge on any atom is -0.395 e. The average molecular weight is 277 g/mol. The van der Waals surface area contributed by atoms with E-state index in [1.807, 2.05) is 13.0 Å². The van der Waals surface area contributed by atoms with Crippen molar-refractivity contribution in [3.63, 3.8) is 0 Å². The molecule has 0 aromatic heterocycles. The Labute approximate surface area is 119 Å². The summed E-state index contributed by atoms with van der Waals surface area (Å²) in [6, 6.07) is 4.89. The summed E-state index contributed by atoms with van der Waals surface area (Å²) in [5.74, 6) is 5.43. The normalized spacial score (nSPS) is 19.4. The molecule has 1 unspecified atom stereocenters. The zero-order chi connectivity index (χ0) is 14.4. The molecule has 108 valence electrons. The lowest BCUT2D eigenvalue weighted by Crippen LogP contribution is -2.40. The van der Waals surface area contributed by atoms with Gasteiger partial charge in [-0.15, -0.1) is 0 Å². The molecule has 0 radical (unpaired) electrons. The standard InChI is InChI=1S/C16H20FNO2/c1-13-11-18(5-7-20-13)12-15-8-14(4-2-3-6-19)9-16(17)10-15/h8-10,13,19H,3,5-7,11-12H2,1H3. The van der Waals surface area contributed by atoms with E-state index in [1.54, 1.807) is 6.07 Å². The Morgan fingerprint density at radius 1 is 1.45 bits per heavy atom. The van der Waals surface area contributed by atoms with E-state index in [-0.39, 0.29) is 18.5 Å². The predicted molar refractivity (Wildman–Crippen MR) is 75.7 cm³/mol. The van der Waals surface area contributed by atoms with Gasteiger partial charge in [0.1, 0.15) is 5.82 Å². The second-order valence-corrected chi connectivity index (χ2v) is 5.04. The molecular formula is C16H20FNO2. The van der Waals surface area contributed by atoms with Crippen LogP contribution >= 0.6 is 0 Å². The molecule has 3 nitrogen and oxygen atoms in total. The van der Waals surface area contributed by atoms with E-state index >= 15 is 0 Å². The highest BCUT2D eigenvalue weighted by Gasteiger charge is 2.16. The largest absolute Gasteiger partial charge is 0.395 e. The van der Waals surface area contributed by atoms with Gasteiger partial charge in [-0.3, -0.25) is 4.90 Å². The SMILES string of the molecule is CC1CN(Cc2cc(F)cc(C#CCCO)c2)CCO1. The first-order valence-electron chi connectivity index (χ1n) is 6.90. The fourth-order valence-electron chi connectivity index (χ4n) is 2.33. The fraction of sp³-hybridized carbons (Fsp3) is 0.500. The summed E-state index contributed by atoms with van der Waals surface area (Å²) in [6.07, 6.45) is 0.633. The maximum atomic E-state index is 13.6. The Balaban J connectivity index is 2.06. The van der Waals surface area contributed by atoms with Crippen LogP contribution in [0.15, 0.2) is 18.2 Å². The number of morpholine rings is 1. The summed E-state index contributed by atoms with van der Waals surface area (Å²) in [4.78, 5) is 2.26. The number of hydrogen-bond donors (Lipinski definition) is 1. The Morgan fingerprint density at radius 3 is 3.05 bits per heavy atom. The molecule has 0 saturated carbocycles. The molecule has 1 fully saturated rings. The molecule has 2 rings (SSSR count). The molecule has 1 saturated heterocycles. The van der Waals surface area contributed by atoms with Crippen LogP contribution in [0.5, 0.6) is 0 Å². The third-order valence-corrected chi connectivity index (χ3v) is 3.16. The van der Waals surface area contributed by atoms with Crippen LogP contribution in [0, 0.1) is 17.7 Å². The van der Waals surface area contributed by atoms with Crippen LogP contribution in [0.1, 0.15) is 24.5 Å². The molecule has 4 heteroatoms. The van der Waals surface area contributed by atoms with Gasteiger partial charge in [0.2, 0.25) is 0 Å². The van der Waals surface area contributed by atoms with Gasteiger partial charge in [-0.05, 0) is 30.7 Å². The molecule has 1 aliphatic rings. The van der Waals surface area contributed by atoms with Crippen LogP contribution < -0.4 is 0 Å². The summed E-state index contributed by atoms with van der Waals surface area (Å²) in [6.45, 7) is 5.23. The number of aliphatic hydroxyl groups excluding tert-OH is 1. The molecule has 1 aliphatic heterocycles. The smallest absolute Gasteiger partial charge is 0.124 e. The lowest BCUT2D eigenvalue weighted by molar-refractivity contribution is -0.0212. The maximum Gasteiger partial charge on any atom is 0.124 e. The molecule has 0 bridgehead atoms. The number of rotatable bonds is 3. The van der Waals surface area contributed by atoms with E-state index in [0.717, 1.165) is 25.3 Å². The van der Waals surface area contributed by atoms with Gasteiger partial charge in [-0.25, -0.2) is 4.39 Å². The van der Waals surface area contributed by atoms with E-state index in [2.05, 4.69) is 16.7 Å². The van der Waals surface area contributed by atoms with Crippen molar-refractivity contribution in [3.05, 3.63) is 35.1 Å². The van der Waals surface area contributed by atoms with Crippen LogP contribution in [-0.2, 0) is 11.3 Å². The van der Waals surface area contributed by atoms with Gasteiger partial charge in [0.15, 0.2) is 0 Å². The van der Waals surface area contributed by atoms with E-state index in [0.29, 0.717) is 18.5 Å². The molecule has 0 spiro atoms. The Bertz CT molecular complexity index is 507. The highest BCUT2D eigenvalue weighted by Crippen LogP contribution is 2.13. The quantitative estimate of drug-likeness (QED) is 0.855. The second-order valence-electron chi connectivity index (χ2n) is 5.04. The van der Waals surface area contributed by atoms with Gasteiger partial charge in [-0.2, -0.15) is 0 Å². The number of nitrogens with zero attached hydrogens (tertiary/aromatic N) is 1. The van der Waals surface area contributed by atoms with Crippen LogP contribution in [0.3, 0.4) is 0 Å². The lowest BCUT2D eigenvalue weighted by atomic mass is 10.1. The third kappa shape index (κ3) is 4.61. The summed E-state index contributed by atoms with van der Waals surface area (Å²) in [5.41, 5.74) is 1.59. The molecule has 1 atom stereocenters. The summed E-state index contributed by atoms with van der Waals surface area (Å²) >= 11 is 0. The minimum atomic E-state index is -0.267. The molecular weight excluding hydrogens is 257 g/mol. The highest BCUT2D eigenvalue weighted by atomic mass is 19.1. The van der Waals surface area contributed by atoms with Gasteiger partial charge in [-0.1, -0.05) is 11.8 Å². The number of halogens is 1. The number of benzene rings is 1. The lowest BCUT2D eigenvalue weighted by Gasteiger charge is -2.31. The number of ether oxygens (including phenoxy) is 1. The third-order valence-electron chi connectivity index (χ3n) is 3.16. The van der Waals surface area contributed by atoms with Gasteiger partial charge < -0.3 is 9.84 Å². The molecule has 1 aromatic carbocycles. The molecule has 1 N–H and O–H groups in total. The van der Waals surface area contributed by atoms with Crippen LogP contribution in [-0.4, -0.2) is 42.4 Å². The number of aliphatic hydroxyl groups is 1. The summed E-state index contributed by atoms with van der Waals surface area (Å²) < 4.78 is 19.1. The summed E-state index contributed by atoms with van der Waals surface area (Å²) in [5, 5.41) is 8.70. The van der Waals surface area contributed by atoms with Crippen LogP contribution in [0.4, 0.5) is 4.39 Å². The van der Waals surface area contributed by atoms with Gasteiger partial charge in [0, 0.05) is 31.6 Å². The Morgan fingerprint density at radius 2 is 2.30 bits per heavy atom. The van der Waals surface area contributed by atoms with Gasteiger partial charge in [0.05, 0.1) is 19.3 Å². The Kier molecular flexibility index (Phi) is 5.54. The van der Waals surface area contributed by atoms with E-state index in [1.165, 1.54) is 6.07 Å². The highest BCUT2D eigenvalue weighted by molar-refractivity contribution is 5.37. The topological polar surface area (TPSA) is 32.7 Å². The maximum absolute atomic E-state index is 13.6. The van der Waals surface area contributed by atoms with Gasteiger partial charge >= 0.3 is 0 Å². The van der Waals surface area contributed by atoms with E-state index in [9.17, 15) is 4.39 Å². The van der Waals surface area contributed by atoms with Crippen LogP contribution in [0.2, 0.25) is 0 Å². The fourth-order valence-corrected chi connectivity index (χ4v) is 2.33. The first-order chi connectivity index (χ1) is 9.67.